The van der Waals surface area contributed by atoms with Crippen LogP contribution >= 0.6 is 0 Å². The summed E-state index contributed by atoms with van der Waals surface area (Å²) in [6, 6.07) is 4.50. The monoisotopic (exact) mass is 328 g/mol. The Labute approximate surface area is 142 Å². The van der Waals surface area contributed by atoms with Crippen molar-refractivity contribution in [2.45, 2.75) is 25.8 Å². The van der Waals surface area contributed by atoms with Gasteiger partial charge in [-0.2, -0.15) is 5.26 Å². The summed E-state index contributed by atoms with van der Waals surface area (Å²) in [6.07, 6.45) is 5.08. The van der Waals surface area contributed by atoms with Gasteiger partial charge >= 0.3 is 0 Å². The number of likely N-dealkylation sites (N-methyl/N-ethyl adjacent to an activating group) is 1. The maximum Gasteiger partial charge on any atom is 0.142 e. The number of fused-ring (bicyclic) bond motifs is 1. The molecule has 1 saturated heterocycles. The number of ether oxygens (including phenoxy) is 1. The maximum atomic E-state index is 8.58. The summed E-state index contributed by atoms with van der Waals surface area (Å²) in [5.74, 6) is 1.54. The number of anilines is 1. The van der Waals surface area contributed by atoms with Crippen LogP contribution in [0.1, 0.15) is 19.8 Å². The fraction of sp³-hybridized carbons (Fsp3) is 0.588. The van der Waals surface area contributed by atoms with E-state index in [0.29, 0.717) is 31.7 Å². The lowest BCUT2D eigenvalue weighted by Gasteiger charge is -2.42. The van der Waals surface area contributed by atoms with Gasteiger partial charge in [0.15, 0.2) is 0 Å². The predicted octanol–water partition coefficient (Wildman–Crippen LogP) is 1.99. The fourth-order valence-corrected chi connectivity index (χ4v) is 3.34. The van der Waals surface area contributed by atoms with E-state index in [1.807, 2.05) is 12.3 Å². The first kappa shape index (κ1) is 16.7. The minimum absolute atomic E-state index is 0.367. The Bertz CT molecular complexity index is 708. The number of nitrogens with one attached hydrogen (secondary N) is 1. The minimum atomic E-state index is 0.367. The molecule has 0 radical (unpaired) electrons. The van der Waals surface area contributed by atoms with Gasteiger partial charge in [0, 0.05) is 32.4 Å². The van der Waals surface area contributed by atoms with Crippen molar-refractivity contribution in [2.24, 2.45) is 5.92 Å². The van der Waals surface area contributed by atoms with Crippen molar-refractivity contribution in [1.82, 2.24) is 19.9 Å². The van der Waals surface area contributed by atoms with Crippen LogP contribution in [-0.4, -0.2) is 59.4 Å². The number of hydrogen-bond donors (Lipinski definition) is 1. The molecule has 0 unspecified atom stereocenters. The summed E-state index contributed by atoms with van der Waals surface area (Å²) in [5.41, 5.74) is 0.868. The van der Waals surface area contributed by atoms with E-state index in [4.69, 9.17) is 10.00 Å². The summed E-state index contributed by atoms with van der Waals surface area (Å²) in [4.78, 5) is 16.5. The summed E-state index contributed by atoms with van der Waals surface area (Å²) >= 11 is 0. The lowest BCUT2D eigenvalue weighted by molar-refractivity contribution is 0.00869. The summed E-state index contributed by atoms with van der Waals surface area (Å²) in [6.45, 7) is 5.34. The van der Waals surface area contributed by atoms with Gasteiger partial charge in [-0.15, -0.1) is 0 Å². The van der Waals surface area contributed by atoms with E-state index in [9.17, 15) is 0 Å². The number of likely N-dealkylation sites (tertiary alicyclic amines) is 1. The second-order valence-electron chi connectivity index (χ2n) is 6.40. The Morgan fingerprint density at radius 2 is 2.38 bits per heavy atom. The van der Waals surface area contributed by atoms with Gasteiger partial charge in [-0.25, -0.2) is 9.97 Å². The number of hydrogen-bond acceptors (Lipinski definition) is 6. The van der Waals surface area contributed by atoms with Crippen LogP contribution in [0.5, 0.6) is 0 Å². The van der Waals surface area contributed by atoms with Crippen molar-refractivity contribution in [3.05, 3.63) is 18.6 Å². The van der Waals surface area contributed by atoms with Crippen LogP contribution < -0.4 is 4.90 Å². The molecular formula is C17H24N6O. The van der Waals surface area contributed by atoms with Crippen LogP contribution in [0.2, 0.25) is 0 Å². The van der Waals surface area contributed by atoms with Crippen molar-refractivity contribution in [3.63, 3.8) is 0 Å². The van der Waals surface area contributed by atoms with E-state index < -0.39 is 0 Å². The van der Waals surface area contributed by atoms with Crippen LogP contribution in [0.3, 0.4) is 0 Å². The second-order valence-corrected chi connectivity index (χ2v) is 6.40. The Balaban J connectivity index is 1.69. The molecule has 128 valence electrons. The van der Waals surface area contributed by atoms with E-state index in [0.717, 1.165) is 36.4 Å². The maximum absolute atomic E-state index is 8.58. The van der Waals surface area contributed by atoms with E-state index in [-0.39, 0.29) is 0 Å². The second kappa shape index (κ2) is 7.60. The lowest BCUT2D eigenvalue weighted by atomic mass is 9.92. The summed E-state index contributed by atoms with van der Waals surface area (Å²) in [5, 5.41) is 9.63. The molecule has 3 rings (SSSR count). The molecule has 2 aromatic rings. The average molecular weight is 328 g/mol. The van der Waals surface area contributed by atoms with Crippen molar-refractivity contribution in [3.8, 4) is 6.07 Å². The van der Waals surface area contributed by atoms with E-state index >= 15 is 0 Å². The third-order valence-electron chi connectivity index (χ3n) is 4.80. The number of piperidine rings is 1. The van der Waals surface area contributed by atoms with Crippen LogP contribution in [-0.2, 0) is 4.74 Å². The van der Waals surface area contributed by atoms with E-state index in [1.165, 1.54) is 0 Å². The Morgan fingerprint density at radius 3 is 3.21 bits per heavy atom. The molecule has 2 atom stereocenters. The summed E-state index contributed by atoms with van der Waals surface area (Å²) in [7, 11) is 2.11. The molecule has 0 bridgehead atoms. The minimum Gasteiger partial charge on any atom is -0.365 e. The van der Waals surface area contributed by atoms with Gasteiger partial charge in [0.1, 0.15) is 17.8 Å². The molecule has 7 heteroatoms. The standard InChI is InChI=1S/C17H24N6O/c1-13-5-8-23(12-24-9-3-6-18)10-15(13)22(2)17-14-4-7-19-16(14)20-11-21-17/h4,7,11,13,15H,3,5,8-10,12H2,1-2H3,(H,19,20,21)/t13-,15+/m1/s1. The van der Waals surface area contributed by atoms with Gasteiger partial charge in [0.05, 0.1) is 31.2 Å². The van der Waals surface area contributed by atoms with Crippen LogP contribution in [0.15, 0.2) is 18.6 Å². The van der Waals surface area contributed by atoms with E-state index in [2.05, 4.69) is 44.8 Å². The summed E-state index contributed by atoms with van der Waals surface area (Å²) < 4.78 is 5.59. The first-order valence-electron chi connectivity index (χ1n) is 8.38. The highest BCUT2D eigenvalue weighted by molar-refractivity contribution is 5.87. The topological polar surface area (TPSA) is 81.1 Å². The molecule has 1 N–H and O–H groups in total. The molecule has 1 fully saturated rings. The molecule has 24 heavy (non-hydrogen) atoms. The SMILES string of the molecule is C[C@@H]1CCN(COCCC#N)C[C@@H]1N(C)c1ncnc2[nH]ccc12. The third kappa shape index (κ3) is 3.50. The predicted molar refractivity (Wildman–Crippen MR) is 92.5 cm³/mol. The Kier molecular flexibility index (Phi) is 5.28. The Hall–Kier alpha value is -2.17. The number of nitrogens with zero attached hydrogens (tertiary/aromatic N) is 5. The molecule has 0 aromatic carbocycles. The average Bonchev–Trinajstić information content (AvgIpc) is 3.08. The molecular weight excluding hydrogens is 304 g/mol. The molecule has 3 heterocycles. The molecule has 0 amide bonds. The normalized spacial score (nSPS) is 21.7. The zero-order valence-corrected chi connectivity index (χ0v) is 14.3. The number of aromatic amines is 1. The molecule has 1 aliphatic heterocycles. The van der Waals surface area contributed by atoms with Crippen LogP contribution in [0.25, 0.3) is 11.0 Å². The number of aromatic nitrogens is 3. The first-order chi connectivity index (χ1) is 11.7. The molecule has 7 nitrogen and oxygen atoms in total. The zero-order chi connectivity index (χ0) is 16.9. The van der Waals surface area contributed by atoms with E-state index in [1.54, 1.807) is 6.33 Å². The van der Waals surface area contributed by atoms with Gasteiger partial charge < -0.3 is 14.6 Å². The fourth-order valence-electron chi connectivity index (χ4n) is 3.34. The van der Waals surface area contributed by atoms with Crippen molar-refractivity contribution >= 4 is 16.9 Å². The largest absolute Gasteiger partial charge is 0.365 e. The third-order valence-corrected chi connectivity index (χ3v) is 4.80. The van der Waals surface area contributed by atoms with Crippen LogP contribution in [0.4, 0.5) is 5.82 Å². The van der Waals surface area contributed by atoms with Crippen molar-refractivity contribution < 1.29 is 4.74 Å². The van der Waals surface area contributed by atoms with Gasteiger partial charge in [-0.05, 0) is 18.4 Å². The molecule has 2 aromatic heterocycles. The lowest BCUT2D eigenvalue weighted by Crippen LogP contribution is -2.51. The van der Waals surface area contributed by atoms with Gasteiger partial charge in [-0.1, -0.05) is 6.92 Å². The smallest absolute Gasteiger partial charge is 0.142 e. The number of rotatable bonds is 6. The van der Waals surface area contributed by atoms with Gasteiger partial charge in [0.25, 0.3) is 0 Å². The van der Waals surface area contributed by atoms with Crippen molar-refractivity contribution in [2.75, 3.05) is 38.4 Å². The van der Waals surface area contributed by atoms with Crippen LogP contribution in [0, 0.1) is 17.2 Å². The highest BCUT2D eigenvalue weighted by atomic mass is 16.5. The molecule has 0 saturated carbocycles. The number of nitriles is 1. The van der Waals surface area contributed by atoms with Gasteiger partial charge in [-0.3, -0.25) is 4.90 Å². The molecule has 0 spiro atoms. The number of H-pyrrole nitrogens is 1. The zero-order valence-electron chi connectivity index (χ0n) is 14.3. The first-order valence-corrected chi connectivity index (χ1v) is 8.38. The highest BCUT2D eigenvalue weighted by Crippen LogP contribution is 2.28. The molecule has 1 aliphatic rings. The van der Waals surface area contributed by atoms with Gasteiger partial charge in [0.2, 0.25) is 0 Å². The highest BCUT2D eigenvalue weighted by Gasteiger charge is 2.30. The quantitative estimate of drug-likeness (QED) is 0.817. The Morgan fingerprint density at radius 1 is 1.50 bits per heavy atom. The van der Waals surface area contributed by atoms with Crippen molar-refractivity contribution in [1.29, 1.82) is 5.26 Å². The molecule has 0 aliphatic carbocycles.